The number of aryl methyl sites for hydroxylation is 1. The number of aliphatic hydroxyl groups excluding tert-OH is 1. The van der Waals surface area contributed by atoms with Crippen molar-refractivity contribution in [2.75, 3.05) is 13.2 Å². The average Bonchev–Trinajstić information content (AvgIpc) is 2.58. The Morgan fingerprint density at radius 3 is 2.81 bits per heavy atom. The predicted octanol–water partition coefficient (Wildman–Crippen LogP) is -0.0530. The maximum absolute atomic E-state index is 8.88. The minimum atomic E-state index is 0.247. The van der Waals surface area contributed by atoms with Crippen LogP contribution in [0.25, 0.3) is 0 Å². The lowest BCUT2D eigenvalue weighted by molar-refractivity contribution is 0.106. The van der Waals surface area contributed by atoms with Gasteiger partial charge in [-0.05, 0) is 24.5 Å². The van der Waals surface area contributed by atoms with Crippen LogP contribution in [0.1, 0.15) is 31.5 Å². The van der Waals surface area contributed by atoms with Gasteiger partial charge in [-0.3, -0.25) is 4.90 Å². The van der Waals surface area contributed by atoms with Crippen molar-refractivity contribution in [2.24, 2.45) is 7.05 Å². The number of aliphatic hydroxyl groups is 1. The van der Waals surface area contributed by atoms with Gasteiger partial charge in [0.05, 0.1) is 13.6 Å². The average molecular weight is 225 g/mol. The molecular formula is C10H19N5O. The summed E-state index contributed by atoms with van der Waals surface area (Å²) < 4.78 is 0. The lowest BCUT2D eigenvalue weighted by Gasteiger charge is -2.36. The first kappa shape index (κ1) is 11.5. The monoisotopic (exact) mass is 225 g/mol. The van der Waals surface area contributed by atoms with E-state index in [0.29, 0.717) is 6.04 Å². The zero-order valence-electron chi connectivity index (χ0n) is 9.71. The third-order valence-electron chi connectivity index (χ3n) is 3.09. The van der Waals surface area contributed by atoms with Crippen molar-refractivity contribution in [2.45, 2.75) is 38.3 Å². The molecule has 1 aliphatic carbocycles. The summed E-state index contributed by atoms with van der Waals surface area (Å²) in [7, 11) is 1.78. The molecule has 0 atom stereocenters. The lowest BCUT2D eigenvalue weighted by atomic mass is 9.91. The molecule has 1 N–H and O–H groups in total. The third-order valence-corrected chi connectivity index (χ3v) is 3.09. The van der Waals surface area contributed by atoms with Crippen molar-refractivity contribution < 1.29 is 5.11 Å². The largest absolute Gasteiger partial charge is 0.396 e. The normalized spacial score (nSPS) is 16.7. The van der Waals surface area contributed by atoms with Crippen LogP contribution in [0.3, 0.4) is 0 Å². The molecule has 0 saturated heterocycles. The summed E-state index contributed by atoms with van der Waals surface area (Å²) in [6.45, 7) is 1.91. The van der Waals surface area contributed by atoms with Crippen LogP contribution in [-0.4, -0.2) is 49.4 Å². The minimum absolute atomic E-state index is 0.247. The van der Waals surface area contributed by atoms with Crippen LogP contribution >= 0.6 is 0 Å². The lowest BCUT2D eigenvalue weighted by Crippen LogP contribution is -2.40. The maximum atomic E-state index is 8.88. The van der Waals surface area contributed by atoms with Gasteiger partial charge in [-0.2, -0.15) is 4.80 Å². The van der Waals surface area contributed by atoms with Crippen molar-refractivity contribution in [1.82, 2.24) is 25.1 Å². The van der Waals surface area contributed by atoms with Gasteiger partial charge in [0.2, 0.25) is 0 Å². The molecule has 1 saturated carbocycles. The van der Waals surface area contributed by atoms with Crippen molar-refractivity contribution in [3.8, 4) is 0 Å². The SMILES string of the molecule is Cn1nnc(CN(CCCO)C2CCC2)n1. The second-order valence-electron chi connectivity index (χ2n) is 4.33. The molecule has 0 aliphatic heterocycles. The smallest absolute Gasteiger partial charge is 0.188 e. The second-order valence-corrected chi connectivity index (χ2v) is 4.33. The molecule has 2 rings (SSSR count). The van der Waals surface area contributed by atoms with E-state index in [1.165, 1.54) is 24.1 Å². The number of rotatable bonds is 6. The summed E-state index contributed by atoms with van der Waals surface area (Å²) in [6, 6.07) is 0.648. The Bertz CT molecular complexity index is 323. The van der Waals surface area contributed by atoms with Crippen molar-refractivity contribution >= 4 is 0 Å². The molecule has 1 aromatic heterocycles. The van der Waals surface area contributed by atoms with Gasteiger partial charge in [-0.15, -0.1) is 10.2 Å². The Hall–Kier alpha value is -1.01. The standard InChI is InChI=1S/C10H19N5O/c1-14-12-10(11-13-14)8-15(6-3-7-16)9-4-2-5-9/h9,16H,2-8H2,1H3. The fourth-order valence-corrected chi connectivity index (χ4v) is 1.98. The maximum Gasteiger partial charge on any atom is 0.188 e. The molecule has 90 valence electrons. The van der Waals surface area contributed by atoms with Gasteiger partial charge in [-0.25, -0.2) is 0 Å². The fraction of sp³-hybridized carbons (Fsp3) is 0.900. The summed E-state index contributed by atoms with van der Waals surface area (Å²) in [4.78, 5) is 3.84. The van der Waals surface area contributed by atoms with E-state index in [2.05, 4.69) is 20.3 Å². The Kier molecular flexibility index (Phi) is 3.84. The van der Waals surface area contributed by atoms with Gasteiger partial charge in [0.1, 0.15) is 0 Å². The Morgan fingerprint density at radius 2 is 2.31 bits per heavy atom. The first-order valence-electron chi connectivity index (χ1n) is 5.87. The van der Waals surface area contributed by atoms with Gasteiger partial charge in [0.25, 0.3) is 0 Å². The van der Waals surface area contributed by atoms with Crippen LogP contribution in [0.15, 0.2) is 0 Å². The Morgan fingerprint density at radius 1 is 1.50 bits per heavy atom. The highest BCUT2D eigenvalue weighted by Gasteiger charge is 2.25. The molecule has 0 unspecified atom stereocenters. The molecule has 0 spiro atoms. The number of aromatic nitrogens is 4. The molecular weight excluding hydrogens is 206 g/mol. The van der Waals surface area contributed by atoms with Crippen LogP contribution < -0.4 is 0 Å². The molecule has 1 fully saturated rings. The van der Waals surface area contributed by atoms with E-state index in [1.807, 2.05) is 0 Å². The van der Waals surface area contributed by atoms with Gasteiger partial charge >= 0.3 is 0 Å². The van der Waals surface area contributed by atoms with E-state index in [-0.39, 0.29) is 6.61 Å². The summed E-state index contributed by atoms with van der Waals surface area (Å²) >= 11 is 0. The molecule has 0 aromatic carbocycles. The number of tetrazole rings is 1. The molecule has 6 nitrogen and oxygen atoms in total. The van der Waals surface area contributed by atoms with Gasteiger partial charge in [0, 0.05) is 19.2 Å². The van der Waals surface area contributed by atoms with Crippen LogP contribution in [-0.2, 0) is 13.6 Å². The summed E-state index contributed by atoms with van der Waals surface area (Å²) in [5, 5.41) is 20.9. The van der Waals surface area contributed by atoms with Crippen LogP contribution in [0.2, 0.25) is 0 Å². The van der Waals surface area contributed by atoms with Gasteiger partial charge < -0.3 is 5.11 Å². The summed E-state index contributed by atoms with van der Waals surface area (Å²) in [5.74, 6) is 0.771. The number of nitrogens with zero attached hydrogens (tertiary/aromatic N) is 5. The minimum Gasteiger partial charge on any atom is -0.396 e. The first-order chi connectivity index (χ1) is 7.79. The molecule has 16 heavy (non-hydrogen) atoms. The highest BCUT2D eigenvalue weighted by Crippen LogP contribution is 2.25. The van der Waals surface area contributed by atoms with Crippen LogP contribution in [0.5, 0.6) is 0 Å². The molecule has 0 amide bonds. The molecule has 0 radical (unpaired) electrons. The van der Waals surface area contributed by atoms with Gasteiger partial charge in [-0.1, -0.05) is 6.42 Å². The molecule has 1 heterocycles. The van der Waals surface area contributed by atoms with E-state index in [9.17, 15) is 0 Å². The van der Waals surface area contributed by atoms with E-state index in [4.69, 9.17) is 5.11 Å². The van der Waals surface area contributed by atoms with E-state index < -0.39 is 0 Å². The van der Waals surface area contributed by atoms with E-state index in [0.717, 1.165) is 25.3 Å². The second kappa shape index (κ2) is 5.36. The van der Waals surface area contributed by atoms with Gasteiger partial charge in [0.15, 0.2) is 5.82 Å². The summed E-state index contributed by atoms with van der Waals surface area (Å²) in [6.07, 6.45) is 4.64. The topological polar surface area (TPSA) is 67.1 Å². The molecule has 1 aliphatic rings. The van der Waals surface area contributed by atoms with Crippen molar-refractivity contribution in [3.05, 3.63) is 5.82 Å². The fourth-order valence-electron chi connectivity index (χ4n) is 1.98. The number of hydrogen-bond acceptors (Lipinski definition) is 5. The number of hydrogen-bond donors (Lipinski definition) is 1. The third kappa shape index (κ3) is 2.76. The molecule has 1 aromatic rings. The zero-order valence-corrected chi connectivity index (χ0v) is 9.71. The van der Waals surface area contributed by atoms with Crippen LogP contribution in [0, 0.1) is 0 Å². The van der Waals surface area contributed by atoms with Crippen molar-refractivity contribution in [1.29, 1.82) is 0 Å². The quantitative estimate of drug-likeness (QED) is 0.735. The summed E-state index contributed by atoms with van der Waals surface area (Å²) in [5.41, 5.74) is 0. The van der Waals surface area contributed by atoms with E-state index in [1.54, 1.807) is 7.05 Å². The highest BCUT2D eigenvalue weighted by atomic mass is 16.3. The molecule has 0 bridgehead atoms. The first-order valence-corrected chi connectivity index (χ1v) is 5.87. The van der Waals surface area contributed by atoms with Crippen LogP contribution in [0.4, 0.5) is 0 Å². The molecule has 6 heteroatoms. The van der Waals surface area contributed by atoms with E-state index >= 15 is 0 Å². The predicted molar refractivity (Wildman–Crippen MR) is 58.5 cm³/mol. The zero-order chi connectivity index (χ0) is 11.4. The highest BCUT2D eigenvalue weighted by molar-refractivity contribution is 4.85. The Labute approximate surface area is 95.2 Å². The van der Waals surface area contributed by atoms with Crippen molar-refractivity contribution in [3.63, 3.8) is 0 Å². The Balaban J connectivity index is 1.90.